The molecule has 0 aliphatic heterocycles. The Balaban J connectivity index is 1.98. The molecule has 0 aliphatic carbocycles. The minimum Gasteiger partial charge on any atom is -0.497 e. The SMILES string of the molecule is COc1ccc(OCC(C)NC(=O)c2cccc(NS(C)(=O)=O)c2C)cc1. The Morgan fingerprint density at radius 2 is 1.74 bits per heavy atom. The molecular weight excluding hydrogens is 368 g/mol. The quantitative estimate of drug-likeness (QED) is 0.720. The predicted octanol–water partition coefficient (Wildman–Crippen LogP) is 2.57. The van der Waals surface area contributed by atoms with Crippen molar-refractivity contribution in [2.24, 2.45) is 0 Å². The van der Waals surface area contributed by atoms with E-state index in [1.807, 2.05) is 6.92 Å². The Morgan fingerprint density at radius 1 is 1.11 bits per heavy atom. The van der Waals surface area contributed by atoms with E-state index in [-0.39, 0.29) is 11.9 Å². The highest BCUT2D eigenvalue weighted by molar-refractivity contribution is 7.92. The minimum atomic E-state index is -3.42. The number of hydrogen-bond acceptors (Lipinski definition) is 5. The molecule has 0 saturated carbocycles. The van der Waals surface area contributed by atoms with Crippen molar-refractivity contribution in [3.05, 3.63) is 53.6 Å². The third kappa shape index (κ3) is 6.18. The van der Waals surface area contributed by atoms with E-state index in [0.717, 1.165) is 12.0 Å². The van der Waals surface area contributed by atoms with Gasteiger partial charge in [0, 0.05) is 5.56 Å². The van der Waals surface area contributed by atoms with Crippen LogP contribution in [0.3, 0.4) is 0 Å². The van der Waals surface area contributed by atoms with Gasteiger partial charge in [-0.3, -0.25) is 9.52 Å². The van der Waals surface area contributed by atoms with Gasteiger partial charge in [0.25, 0.3) is 5.91 Å². The van der Waals surface area contributed by atoms with Gasteiger partial charge in [0.1, 0.15) is 18.1 Å². The van der Waals surface area contributed by atoms with Crippen LogP contribution >= 0.6 is 0 Å². The summed E-state index contributed by atoms with van der Waals surface area (Å²) in [5.74, 6) is 1.12. The highest BCUT2D eigenvalue weighted by Gasteiger charge is 2.16. The van der Waals surface area contributed by atoms with Gasteiger partial charge in [-0.25, -0.2) is 8.42 Å². The molecule has 0 saturated heterocycles. The predicted molar refractivity (Wildman–Crippen MR) is 105 cm³/mol. The molecule has 0 bridgehead atoms. The van der Waals surface area contributed by atoms with Gasteiger partial charge in [0.2, 0.25) is 10.0 Å². The van der Waals surface area contributed by atoms with Crippen molar-refractivity contribution in [2.45, 2.75) is 19.9 Å². The van der Waals surface area contributed by atoms with Crippen LogP contribution in [0.5, 0.6) is 11.5 Å². The summed E-state index contributed by atoms with van der Waals surface area (Å²) >= 11 is 0. The molecule has 2 rings (SSSR count). The molecule has 0 fully saturated rings. The van der Waals surface area contributed by atoms with Crippen molar-refractivity contribution in [1.29, 1.82) is 0 Å². The van der Waals surface area contributed by atoms with Crippen LogP contribution in [-0.2, 0) is 10.0 Å². The summed E-state index contributed by atoms with van der Waals surface area (Å²) in [4.78, 5) is 12.5. The van der Waals surface area contributed by atoms with Crippen molar-refractivity contribution in [3.8, 4) is 11.5 Å². The monoisotopic (exact) mass is 392 g/mol. The number of carbonyl (C=O) groups excluding carboxylic acids is 1. The maximum absolute atomic E-state index is 12.5. The molecule has 2 N–H and O–H groups in total. The second kappa shape index (κ2) is 8.77. The van der Waals surface area contributed by atoms with Gasteiger partial charge in [-0.05, 0) is 55.8 Å². The second-order valence-electron chi connectivity index (χ2n) is 6.21. The average molecular weight is 392 g/mol. The molecule has 2 aromatic carbocycles. The Morgan fingerprint density at radius 3 is 2.33 bits per heavy atom. The summed E-state index contributed by atoms with van der Waals surface area (Å²) in [6, 6.07) is 11.8. The van der Waals surface area contributed by atoms with E-state index in [1.165, 1.54) is 0 Å². The number of amides is 1. The molecule has 0 radical (unpaired) electrons. The summed E-state index contributed by atoms with van der Waals surface area (Å²) in [5, 5.41) is 2.85. The Hall–Kier alpha value is -2.74. The molecule has 1 amide bonds. The van der Waals surface area contributed by atoms with E-state index in [2.05, 4.69) is 10.0 Å². The third-order valence-electron chi connectivity index (χ3n) is 3.81. The molecule has 0 heterocycles. The second-order valence-corrected chi connectivity index (χ2v) is 7.96. The van der Waals surface area contributed by atoms with E-state index in [1.54, 1.807) is 56.5 Å². The van der Waals surface area contributed by atoms with Crippen molar-refractivity contribution in [3.63, 3.8) is 0 Å². The molecule has 146 valence electrons. The summed E-state index contributed by atoms with van der Waals surface area (Å²) in [6.45, 7) is 3.81. The van der Waals surface area contributed by atoms with Gasteiger partial charge in [0.05, 0.1) is 25.1 Å². The lowest BCUT2D eigenvalue weighted by Gasteiger charge is -2.17. The Bertz CT molecular complexity index is 895. The first kappa shape index (κ1) is 20.6. The summed E-state index contributed by atoms with van der Waals surface area (Å²) in [5.41, 5.74) is 1.34. The Labute approximate surface area is 159 Å². The Kier molecular flexibility index (Phi) is 6.68. The standard InChI is InChI=1S/C19H24N2O5S/c1-13(12-26-16-10-8-15(25-3)9-11-16)20-19(22)17-6-5-7-18(14(17)2)21-27(4,23)24/h5-11,13,21H,12H2,1-4H3,(H,20,22). The maximum atomic E-state index is 12.5. The molecule has 27 heavy (non-hydrogen) atoms. The highest BCUT2D eigenvalue weighted by atomic mass is 32.2. The van der Waals surface area contributed by atoms with Crippen molar-refractivity contribution >= 4 is 21.6 Å². The van der Waals surface area contributed by atoms with Crippen LogP contribution in [0.1, 0.15) is 22.8 Å². The van der Waals surface area contributed by atoms with Gasteiger partial charge in [-0.1, -0.05) is 6.07 Å². The average Bonchev–Trinajstić information content (AvgIpc) is 2.61. The zero-order valence-electron chi connectivity index (χ0n) is 15.8. The van der Waals surface area contributed by atoms with E-state index in [4.69, 9.17) is 9.47 Å². The van der Waals surface area contributed by atoms with Crippen LogP contribution in [-0.4, -0.2) is 40.3 Å². The molecule has 0 spiro atoms. The van der Waals surface area contributed by atoms with Gasteiger partial charge >= 0.3 is 0 Å². The summed E-state index contributed by atoms with van der Waals surface area (Å²) in [6.07, 6.45) is 1.07. The number of carbonyl (C=O) groups is 1. The van der Waals surface area contributed by atoms with Crippen LogP contribution in [0.4, 0.5) is 5.69 Å². The molecular formula is C19H24N2O5S. The molecule has 0 aliphatic rings. The fraction of sp³-hybridized carbons (Fsp3) is 0.316. The molecule has 7 nitrogen and oxygen atoms in total. The third-order valence-corrected chi connectivity index (χ3v) is 4.40. The fourth-order valence-corrected chi connectivity index (χ4v) is 3.05. The first-order valence-corrected chi connectivity index (χ1v) is 10.2. The lowest BCUT2D eigenvalue weighted by atomic mass is 10.1. The summed E-state index contributed by atoms with van der Waals surface area (Å²) < 4.78 is 36.0. The number of ether oxygens (including phenoxy) is 2. The number of nitrogens with one attached hydrogen (secondary N) is 2. The first-order chi connectivity index (χ1) is 12.7. The topological polar surface area (TPSA) is 93.7 Å². The molecule has 0 aromatic heterocycles. The minimum absolute atomic E-state index is 0.245. The number of methoxy groups -OCH3 is 1. The van der Waals surface area contributed by atoms with Crippen LogP contribution in [0, 0.1) is 6.92 Å². The zero-order chi connectivity index (χ0) is 20.0. The van der Waals surface area contributed by atoms with Crippen molar-refractivity contribution < 1.29 is 22.7 Å². The molecule has 1 atom stereocenters. The van der Waals surface area contributed by atoms with E-state index in [9.17, 15) is 13.2 Å². The number of anilines is 1. The van der Waals surface area contributed by atoms with Crippen LogP contribution < -0.4 is 19.5 Å². The normalized spacial score (nSPS) is 12.1. The van der Waals surface area contributed by atoms with Gasteiger partial charge in [-0.15, -0.1) is 0 Å². The molecule has 8 heteroatoms. The maximum Gasteiger partial charge on any atom is 0.251 e. The molecule has 2 aromatic rings. The van der Waals surface area contributed by atoms with E-state index in [0.29, 0.717) is 29.2 Å². The largest absolute Gasteiger partial charge is 0.497 e. The van der Waals surface area contributed by atoms with Crippen LogP contribution in [0.15, 0.2) is 42.5 Å². The van der Waals surface area contributed by atoms with Gasteiger partial charge in [-0.2, -0.15) is 0 Å². The van der Waals surface area contributed by atoms with Crippen LogP contribution in [0.25, 0.3) is 0 Å². The number of sulfonamides is 1. The van der Waals surface area contributed by atoms with Crippen molar-refractivity contribution in [2.75, 3.05) is 24.7 Å². The van der Waals surface area contributed by atoms with Gasteiger partial charge in [0.15, 0.2) is 0 Å². The highest BCUT2D eigenvalue weighted by Crippen LogP contribution is 2.20. The zero-order valence-corrected chi connectivity index (χ0v) is 16.6. The van der Waals surface area contributed by atoms with Crippen LogP contribution in [0.2, 0.25) is 0 Å². The number of benzene rings is 2. The smallest absolute Gasteiger partial charge is 0.251 e. The van der Waals surface area contributed by atoms with E-state index >= 15 is 0 Å². The lowest BCUT2D eigenvalue weighted by molar-refractivity contribution is 0.0926. The molecule has 1 unspecified atom stereocenters. The lowest BCUT2D eigenvalue weighted by Crippen LogP contribution is -2.37. The number of rotatable bonds is 8. The number of hydrogen-bond donors (Lipinski definition) is 2. The van der Waals surface area contributed by atoms with E-state index < -0.39 is 10.0 Å². The van der Waals surface area contributed by atoms with Crippen molar-refractivity contribution in [1.82, 2.24) is 5.32 Å². The van der Waals surface area contributed by atoms with Gasteiger partial charge < -0.3 is 14.8 Å². The summed E-state index contributed by atoms with van der Waals surface area (Å²) in [7, 11) is -1.83. The fourth-order valence-electron chi connectivity index (χ4n) is 2.43. The first-order valence-electron chi connectivity index (χ1n) is 8.34.